The van der Waals surface area contributed by atoms with Gasteiger partial charge in [-0.25, -0.2) is 0 Å². The lowest BCUT2D eigenvalue weighted by atomic mass is 10.2. The zero-order chi connectivity index (χ0) is 17.5. The molecule has 0 saturated carbocycles. The van der Waals surface area contributed by atoms with Crippen molar-refractivity contribution in [2.75, 3.05) is 30.0 Å². The fourth-order valence-corrected chi connectivity index (χ4v) is 2.35. The molecule has 0 amide bonds. The maximum atomic E-state index is 5.97. The molecule has 0 radical (unpaired) electrons. The van der Waals surface area contributed by atoms with Crippen molar-refractivity contribution in [3.63, 3.8) is 0 Å². The van der Waals surface area contributed by atoms with Crippen LogP contribution in [0.25, 0.3) is 0 Å². The minimum absolute atomic E-state index is 0.461. The minimum atomic E-state index is 0.461. The molecule has 0 aliphatic rings. The Kier molecular flexibility index (Phi) is 5.26. The molecule has 0 saturated heterocycles. The number of nitrogen functional groups attached to an aromatic ring is 2. The van der Waals surface area contributed by atoms with Crippen LogP contribution in [-0.4, -0.2) is 13.2 Å². The molecule has 0 fully saturated rings. The van der Waals surface area contributed by atoms with Gasteiger partial charge >= 0.3 is 0 Å². The Balaban J connectivity index is 1.54. The zero-order valence-corrected chi connectivity index (χ0v) is 13.8. The van der Waals surface area contributed by atoms with Gasteiger partial charge in [0.05, 0.1) is 11.4 Å². The Morgan fingerprint density at radius 2 is 1.44 bits per heavy atom. The predicted octanol–water partition coefficient (Wildman–Crippen LogP) is 4.05. The van der Waals surface area contributed by atoms with Gasteiger partial charge in [-0.2, -0.15) is 0 Å². The molecule has 128 valence electrons. The number of nitrogens with one attached hydrogen (secondary N) is 1. The molecule has 5 N–H and O–H groups in total. The highest BCUT2D eigenvalue weighted by Crippen LogP contribution is 2.27. The lowest BCUT2D eigenvalue weighted by Gasteiger charge is -2.12. The van der Waals surface area contributed by atoms with Crippen LogP contribution >= 0.6 is 0 Å². The first-order valence-corrected chi connectivity index (χ1v) is 8.03. The SMILES string of the molecule is Nc1ccc(Nc2cccc(OCCOc3ccccc3)c2)c(N)c1. The standard InChI is InChI=1S/C20H21N3O2/c21-15-9-10-20(19(22)13-15)23-16-5-4-8-18(14-16)25-12-11-24-17-6-2-1-3-7-17/h1-10,13-14,23H,11-12,21-22H2. The van der Waals surface area contributed by atoms with Gasteiger partial charge < -0.3 is 26.3 Å². The van der Waals surface area contributed by atoms with E-state index in [9.17, 15) is 0 Å². The highest BCUT2D eigenvalue weighted by Gasteiger charge is 2.02. The van der Waals surface area contributed by atoms with Crippen LogP contribution in [0.2, 0.25) is 0 Å². The van der Waals surface area contributed by atoms with E-state index in [1.54, 1.807) is 12.1 Å². The minimum Gasteiger partial charge on any atom is -0.490 e. The average molecular weight is 335 g/mol. The van der Waals surface area contributed by atoms with Gasteiger partial charge in [0.2, 0.25) is 0 Å². The molecule has 0 bridgehead atoms. The molecule has 0 aliphatic carbocycles. The van der Waals surface area contributed by atoms with E-state index in [1.165, 1.54) is 0 Å². The highest BCUT2D eigenvalue weighted by atomic mass is 16.5. The summed E-state index contributed by atoms with van der Waals surface area (Å²) in [7, 11) is 0. The predicted molar refractivity (Wildman–Crippen MR) is 102 cm³/mol. The molecule has 3 rings (SSSR count). The Morgan fingerprint density at radius 1 is 0.720 bits per heavy atom. The van der Waals surface area contributed by atoms with E-state index in [0.717, 1.165) is 22.9 Å². The second-order valence-corrected chi connectivity index (χ2v) is 5.51. The summed E-state index contributed by atoms with van der Waals surface area (Å²) in [6.45, 7) is 0.939. The van der Waals surface area contributed by atoms with Crippen LogP contribution in [0, 0.1) is 0 Å². The van der Waals surface area contributed by atoms with Crippen molar-refractivity contribution in [3.8, 4) is 11.5 Å². The number of hydrogen-bond acceptors (Lipinski definition) is 5. The molecule has 25 heavy (non-hydrogen) atoms. The fourth-order valence-electron chi connectivity index (χ4n) is 2.35. The molecule has 0 unspecified atom stereocenters. The van der Waals surface area contributed by atoms with Crippen LogP contribution < -0.4 is 26.3 Å². The van der Waals surface area contributed by atoms with Gasteiger partial charge in [0.15, 0.2) is 0 Å². The molecule has 0 aromatic heterocycles. The lowest BCUT2D eigenvalue weighted by molar-refractivity contribution is 0.217. The third-order valence-corrected chi connectivity index (χ3v) is 3.55. The first kappa shape index (κ1) is 16.5. The normalized spacial score (nSPS) is 10.2. The van der Waals surface area contributed by atoms with Crippen LogP contribution in [0.1, 0.15) is 0 Å². The zero-order valence-electron chi connectivity index (χ0n) is 13.8. The maximum Gasteiger partial charge on any atom is 0.122 e. The van der Waals surface area contributed by atoms with E-state index in [-0.39, 0.29) is 0 Å². The van der Waals surface area contributed by atoms with Crippen molar-refractivity contribution < 1.29 is 9.47 Å². The second-order valence-electron chi connectivity index (χ2n) is 5.51. The number of hydrogen-bond donors (Lipinski definition) is 3. The Bertz CT molecular complexity index is 822. The summed E-state index contributed by atoms with van der Waals surface area (Å²) < 4.78 is 11.4. The first-order valence-electron chi connectivity index (χ1n) is 8.03. The van der Waals surface area contributed by atoms with Crippen LogP contribution in [0.4, 0.5) is 22.7 Å². The molecule has 3 aromatic rings. The summed E-state index contributed by atoms with van der Waals surface area (Å²) in [5.74, 6) is 1.59. The molecule has 0 heterocycles. The van der Waals surface area contributed by atoms with Crippen molar-refractivity contribution in [1.82, 2.24) is 0 Å². The van der Waals surface area contributed by atoms with Gasteiger partial charge in [-0.1, -0.05) is 24.3 Å². The van der Waals surface area contributed by atoms with E-state index in [0.29, 0.717) is 24.6 Å². The number of rotatable bonds is 7. The number of nitrogens with two attached hydrogens (primary N) is 2. The van der Waals surface area contributed by atoms with Gasteiger partial charge in [0.25, 0.3) is 0 Å². The van der Waals surface area contributed by atoms with Crippen LogP contribution in [0.5, 0.6) is 11.5 Å². The monoisotopic (exact) mass is 335 g/mol. The summed E-state index contributed by atoms with van der Waals surface area (Å²) in [5.41, 5.74) is 14.6. The van der Waals surface area contributed by atoms with Gasteiger partial charge in [-0.05, 0) is 42.5 Å². The van der Waals surface area contributed by atoms with Crippen LogP contribution in [0.3, 0.4) is 0 Å². The van der Waals surface area contributed by atoms with Crippen molar-refractivity contribution in [2.24, 2.45) is 0 Å². The van der Waals surface area contributed by atoms with Crippen LogP contribution in [0.15, 0.2) is 72.8 Å². The molecule has 5 nitrogen and oxygen atoms in total. The molecule has 5 heteroatoms. The summed E-state index contributed by atoms with van der Waals surface area (Å²) in [6, 6.07) is 22.7. The van der Waals surface area contributed by atoms with E-state index in [2.05, 4.69) is 5.32 Å². The summed E-state index contributed by atoms with van der Waals surface area (Å²) in [5, 5.41) is 3.26. The van der Waals surface area contributed by atoms with Crippen molar-refractivity contribution in [3.05, 3.63) is 72.8 Å². The first-order chi connectivity index (χ1) is 12.2. The maximum absolute atomic E-state index is 5.97. The molecular weight excluding hydrogens is 314 g/mol. The van der Waals surface area contributed by atoms with Crippen molar-refractivity contribution in [2.45, 2.75) is 0 Å². The molecule has 3 aromatic carbocycles. The van der Waals surface area contributed by atoms with E-state index in [4.69, 9.17) is 20.9 Å². The van der Waals surface area contributed by atoms with Gasteiger partial charge in [-0.3, -0.25) is 0 Å². The van der Waals surface area contributed by atoms with Crippen molar-refractivity contribution >= 4 is 22.7 Å². The van der Waals surface area contributed by atoms with E-state index >= 15 is 0 Å². The Hall–Kier alpha value is -3.34. The summed E-state index contributed by atoms with van der Waals surface area (Å²) in [4.78, 5) is 0. The smallest absolute Gasteiger partial charge is 0.122 e. The summed E-state index contributed by atoms with van der Waals surface area (Å²) >= 11 is 0. The molecular formula is C20H21N3O2. The van der Waals surface area contributed by atoms with E-state index in [1.807, 2.05) is 60.7 Å². The number of para-hydroxylation sites is 1. The van der Waals surface area contributed by atoms with Gasteiger partial charge in [-0.15, -0.1) is 0 Å². The van der Waals surface area contributed by atoms with Crippen molar-refractivity contribution in [1.29, 1.82) is 0 Å². The third-order valence-electron chi connectivity index (χ3n) is 3.55. The largest absolute Gasteiger partial charge is 0.490 e. The Labute approximate surface area is 147 Å². The average Bonchev–Trinajstić information content (AvgIpc) is 2.62. The topological polar surface area (TPSA) is 82.5 Å². The molecule has 0 aliphatic heterocycles. The fraction of sp³-hybridized carbons (Fsp3) is 0.100. The quantitative estimate of drug-likeness (QED) is 0.448. The highest BCUT2D eigenvalue weighted by molar-refractivity contribution is 5.75. The number of ether oxygens (including phenoxy) is 2. The third kappa shape index (κ3) is 4.81. The number of benzene rings is 3. The van der Waals surface area contributed by atoms with Gasteiger partial charge in [0, 0.05) is 17.4 Å². The van der Waals surface area contributed by atoms with E-state index < -0.39 is 0 Å². The summed E-state index contributed by atoms with van der Waals surface area (Å²) in [6.07, 6.45) is 0. The second kappa shape index (κ2) is 7.97. The lowest BCUT2D eigenvalue weighted by Crippen LogP contribution is -2.09. The van der Waals surface area contributed by atoms with Crippen LogP contribution in [-0.2, 0) is 0 Å². The Morgan fingerprint density at radius 3 is 2.20 bits per heavy atom. The molecule has 0 atom stereocenters. The number of anilines is 4. The van der Waals surface area contributed by atoms with Gasteiger partial charge in [0.1, 0.15) is 24.7 Å². The molecule has 0 spiro atoms.